The van der Waals surface area contributed by atoms with E-state index in [1.807, 2.05) is 0 Å². The standard InChI is InChI=1S/C10H21N/c1-8(2)7-10(11-3)9-5-4-6-9/h8-11H,4-7H2,1-3H3/t10-/m1/s1. The summed E-state index contributed by atoms with van der Waals surface area (Å²) in [5, 5.41) is 3.44. The van der Waals surface area contributed by atoms with Crippen LogP contribution in [0.15, 0.2) is 0 Å². The first kappa shape index (κ1) is 9.05. The zero-order valence-corrected chi connectivity index (χ0v) is 8.06. The topological polar surface area (TPSA) is 12.0 Å². The minimum Gasteiger partial charge on any atom is -0.317 e. The summed E-state index contributed by atoms with van der Waals surface area (Å²) in [6.45, 7) is 4.62. The van der Waals surface area contributed by atoms with Crippen LogP contribution in [0.25, 0.3) is 0 Å². The minimum absolute atomic E-state index is 0.795. The first-order valence-corrected chi connectivity index (χ1v) is 4.91. The van der Waals surface area contributed by atoms with Crippen molar-refractivity contribution in [1.82, 2.24) is 5.32 Å². The molecule has 0 spiro atoms. The van der Waals surface area contributed by atoms with Gasteiger partial charge >= 0.3 is 0 Å². The fourth-order valence-electron chi connectivity index (χ4n) is 1.90. The summed E-state index contributed by atoms with van der Waals surface area (Å²) in [5.74, 6) is 1.83. The molecule has 1 fully saturated rings. The first-order chi connectivity index (χ1) is 5.24. The van der Waals surface area contributed by atoms with E-state index >= 15 is 0 Å². The highest BCUT2D eigenvalue weighted by atomic mass is 14.9. The zero-order valence-electron chi connectivity index (χ0n) is 8.06. The average Bonchev–Trinajstić information content (AvgIpc) is 1.81. The Labute approximate surface area is 70.6 Å². The van der Waals surface area contributed by atoms with Crippen LogP contribution in [0.3, 0.4) is 0 Å². The van der Waals surface area contributed by atoms with E-state index in [9.17, 15) is 0 Å². The molecule has 1 N–H and O–H groups in total. The smallest absolute Gasteiger partial charge is 0.00947 e. The lowest BCUT2D eigenvalue weighted by Crippen LogP contribution is -2.38. The predicted octanol–water partition coefficient (Wildman–Crippen LogP) is 2.42. The van der Waals surface area contributed by atoms with Crippen LogP contribution in [0.1, 0.15) is 39.5 Å². The highest BCUT2D eigenvalue weighted by Crippen LogP contribution is 2.31. The van der Waals surface area contributed by atoms with Crippen molar-refractivity contribution < 1.29 is 0 Å². The lowest BCUT2D eigenvalue weighted by Gasteiger charge is -2.34. The van der Waals surface area contributed by atoms with Gasteiger partial charge in [-0.2, -0.15) is 0 Å². The van der Waals surface area contributed by atoms with Crippen LogP contribution in [-0.4, -0.2) is 13.1 Å². The number of hydrogen-bond donors (Lipinski definition) is 1. The summed E-state index contributed by atoms with van der Waals surface area (Å²) < 4.78 is 0. The summed E-state index contributed by atoms with van der Waals surface area (Å²) in [7, 11) is 2.10. The molecular formula is C10H21N. The van der Waals surface area contributed by atoms with Crippen LogP contribution < -0.4 is 5.32 Å². The van der Waals surface area contributed by atoms with Gasteiger partial charge in [-0.25, -0.2) is 0 Å². The molecule has 0 heterocycles. The summed E-state index contributed by atoms with van der Waals surface area (Å²) in [5.41, 5.74) is 0. The molecule has 0 saturated heterocycles. The Morgan fingerprint density at radius 3 is 2.27 bits per heavy atom. The van der Waals surface area contributed by atoms with Gasteiger partial charge < -0.3 is 5.32 Å². The largest absolute Gasteiger partial charge is 0.317 e. The molecule has 66 valence electrons. The third-order valence-electron chi connectivity index (χ3n) is 2.81. The second-order valence-electron chi connectivity index (χ2n) is 4.22. The van der Waals surface area contributed by atoms with Gasteiger partial charge in [0.05, 0.1) is 0 Å². The van der Waals surface area contributed by atoms with Crippen LogP contribution in [0.2, 0.25) is 0 Å². The fraction of sp³-hybridized carbons (Fsp3) is 1.00. The fourth-order valence-corrected chi connectivity index (χ4v) is 1.90. The van der Waals surface area contributed by atoms with Crippen LogP contribution in [-0.2, 0) is 0 Å². The molecule has 0 aromatic carbocycles. The monoisotopic (exact) mass is 155 g/mol. The molecule has 0 unspecified atom stereocenters. The van der Waals surface area contributed by atoms with Crippen LogP contribution in [0.4, 0.5) is 0 Å². The van der Waals surface area contributed by atoms with Crippen molar-refractivity contribution in [2.75, 3.05) is 7.05 Å². The normalized spacial score (nSPS) is 21.8. The summed E-state index contributed by atoms with van der Waals surface area (Å²) in [6.07, 6.45) is 5.72. The quantitative estimate of drug-likeness (QED) is 0.657. The third-order valence-corrected chi connectivity index (χ3v) is 2.81. The maximum Gasteiger partial charge on any atom is 0.00947 e. The van der Waals surface area contributed by atoms with Crippen molar-refractivity contribution in [2.45, 2.75) is 45.6 Å². The van der Waals surface area contributed by atoms with Gasteiger partial charge in [0, 0.05) is 6.04 Å². The highest BCUT2D eigenvalue weighted by Gasteiger charge is 2.26. The maximum absolute atomic E-state index is 3.44. The van der Waals surface area contributed by atoms with Crippen molar-refractivity contribution in [1.29, 1.82) is 0 Å². The van der Waals surface area contributed by atoms with E-state index in [-0.39, 0.29) is 0 Å². The van der Waals surface area contributed by atoms with Crippen molar-refractivity contribution >= 4 is 0 Å². The van der Waals surface area contributed by atoms with E-state index in [1.165, 1.54) is 25.7 Å². The van der Waals surface area contributed by atoms with E-state index in [0.29, 0.717) is 0 Å². The van der Waals surface area contributed by atoms with E-state index in [2.05, 4.69) is 26.2 Å². The zero-order chi connectivity index (χ0) is 8.27. The molecule has 1 aliphatic carbocycles. The summed E-state index contributed by atoms with van der Waals surface area (Å²) >= 11 is 0. The minimum atomic E-state index is 0.795. The lowest BCUT2D eigenvalue weighted by molar-refractivity contribution is 0.214. The van der Waals surface area contributed by atoms with Crippen molar-refractivity contribution in [3.8, 4) is 0 Å². The third kappa shape index (κ3) is 2.48. The van der Waals surface area contributed by atoms with Crippen LogP contribution in [0.5, 0.6) is 0 Å². The molecule has 1 saturated carbocycles. The molecule has 0 aliphatic heterocycles. The number of hydrogen-bond acceptors (Lipinski definition) is 1. The first-order valence-electron chi connectivity index (χ1n) is 4.91. The van der Waals surface area contributed by atoms with Crippen molar-refractivity contribution in [3.05, 3.63) is 0 Å². The number of nitrogens with one attached hydrogen (secondary N) is 1. The SMILES string of the molecule is CN[C@H](CC(C)C)C1CCC1. The predicted molar refractivity (Wildman–Crippen MR) is 49.6 cm³/mol. The van der Waals surface area contributed by atoms with E-state index in [0.717, 1.165) is 17.9 Å². The Hall–Kier alpha value is -0.0400. The van der Waals surface area contributed by atoms with Gasteiger partial charge in [0.2, 0.25) is 0 Å². The molecular weight excluding hydrogens is 134 g/mol. The second-order valence-corrected chi connectivity index (χ2v) is 4.22. The Bertz CT molecular complexity index is 105. The van der Waals surface area contributed by atoms with E-state index < -0.39 is 0 Å². The maximum atomic E-state index is 3.44. The van der Waals surface area contributed by atoms with Gasteiger partial charge in [-0.15, -0.1) is 0 Å². The molecule has 11 heavy (non-hydrogen) atoms. The molecule has 1 heteroatoms. The molecule has 0 bridgehead atoms. The van der Waals surface area contributed by atoms with Gasteiger partial charge in [0.25, 0.3) is 0 Å². The molecule has 1 rings (SSSR count). The highest BCUT2D eigenvalue weighted by molar-refractivity contribution is 4.82. The molecule has 0 aromatic heterocycles. The Morgan fingerprint density at radius 2 is 2.00 bits per heavy atom. The van der Waals surface area contributed by atoms with Gasteiger partial charge in [-0.3, -0.25) is 0 Å². The molecule has 1 nitrogen and oxygen atoms in total. The second kappa shape index (κ2) is 4.10. The molecule has 0 radical (unpaired) electrons. The van der Waals surface area contributed by atoms with Crippen molar-refractivity contribution in [3.63, 3.8) is 0 Å². The number of rotatable bonds is 4. The lowest BCUT2D eigenvalue weighted by atomic mass is 9.77. The molecule has 0 amide bonds. The molecule has 1 aliphatic rings. The molecule has 1 atom stereocenters. The summed E-state index contributed by atoms with van der Waals surface area (Å²) in [6, 6.07) is 0.795. The Balaban J connectivity index is 2.23. The van der Waals surface area contributed by atoms with E-state index in [1.54, 1.807) is 0 Å². The van der Waals surface area contributed by atoms with Gasteiger partial charge in [0.1, 0.15) is 0 Å². The Morgan fingerprint density at radius 1 is 1.36 bits per heavy atom. The van der Waals surface area contributed by atoms with Crippen LogP contribution in [0, 0.1) is 11.8 Å². The van der Waals surface area contributed by atoms with Gasteiger partial charge in [-0.05, 0) is 38.1 Å². The van der Waals surface area contributed by atoms with Gasteiger partial charge in [-0.1, -0.05) is 20.3 Å². The Kier molecular flexibility index (Phi) is 3.38. The summed E-state index contributed by atoms with van der Waals surface area (Å²) in [4.78, 5) is 0. The average molecular weight is 155 g/mol. The molecule has 0 aromatic rings. The van der Waals surface area contributed by atoms with Crippen molar-refractivity contribution in [2.24, 2.45) is 11.8 Å². The van der Waals surface area contributed by atoms with Crippen LogP contribution >= 0.6 is 0 Å². The van der Waals surface area contributed by atoms with Gasteiger partial charge in [0.15, 0.2) is 0 Å². The van der Waals surface area contributed by atoms with E-state index in [4.69, 9.17) is 0 Å².